The lowest BCUT2D eigenvalue weighted by atomic mass is 10.2. The standard InChI is InChI=1S/C11H7BrFN3O3/c12-8-10(18)15-4-16-11(8)19-6-3-1-2-5(13)7(6)9(14)17/h1-4H,(H2,14,17)(H,15,16,18). The van der Waals surface area contributed by atoms with Crippen LogP contribution in [0.4, 0.5) is 4.39 Å². The molecule has 0 bridgehead atoms. The predicted molar refractivity (Wildman–Crippen MR) is 67.5 cm³/mol. The molecule has 0 radical (unpaired) electrons. The van der Waals surface area contributed by atoms with Gasteiger partial charge in [0, 0.05) is 0 Å². The predicted octanol–water partition coefficient (Wildman–Crippen LogP) is 1.56. The molecule has 0 aliphatic heterocycles. The van der Waals surface area contributed by atoms with Gasteiger partial charge in [-0.1, -0.05) is 6.07 Å². The van der Waals surface area contributed by atoms with Crippen molar-refractivity contribution in [3.63, 3.8) is 0 Å². The van der Waals surface area contributed by atoms with Crippen LogP contribution >= 0.6 is 15.9 Å². The fraction of sp³-hybridized carbons (Fsp3) is 0. The number of carbonyl (C=O) groups is 1. The molecule has 0 saturated heterocycles. The third-order valence-electron chi connectivity index (χ3n) is 2.19. The lowest BCUT2D eigenvalue weighted by Gasteiger charge is -2.09. The van der Waals surface area contributed by atoms with E-state index in [2.05, 4.69) is 25.9 Å². The van der Waals surface area contributed by atoms with Crippen LogP contribution in [-0.4, -0.2) is 15.9 Å². The first kappa shape index (κ1) is 13.2. The van der Waals surface area contributed by atoms with Crippen molar-refractivity contribution in [3.8, 4) is 11.6 Å². The molecule has 0 fully saturated rings. The normalized spacial score (nSPS) is 10.2. The summed E-state index contributed by atoms with van der Waals surface area (Å²) >= 11 is 2.98. The third kappa shape index (κ3) is 2.63. The summed E-state index contributed by atoms with van der Waals surface area (Å²) in [5, 5.41) is 0. The van der Waals surface area contributed by atoms with Crippen LogP contribution in [-0.2, 0) is 0 Å². The number of carbonyl (C=O) groups excluding carboxylic acids is 1. The lowest BCUT2D eigenvalue weighted by molar-refractivity contribution is 0.0994. The molecule has 19 heavy (non-hydrogen) atoms. The van der Waals surface area contributed by atoms with Gasteiger partial charge in [-0.25, -0.2) is 9.37 Å². The van der Waals surface area contributed by atoms with Crippen LogP contribution in [0.3, 0.4) is 0 Å². The number of benzene rings is 1. The van der Waals surface area contributed by atoms with Crippen molar-refractivity contribution in [2.45, 2.75) is 0 Å². The van der Waals surface area contributed by atoms with Crippen LogP contribution in [0.1, 0.15) is 10.4 Å². The molecule has 0 aliphatic carbocycles. The van der Waals surface area contributed by atoms with E-state index in [1.165, 1.54) is 12.1 Å². The molecular formula is C11H7BrFN3O3. The van der Waals surface area contributed by atoms with Crippen molar-refractivity contribution >= 4 is 21.8 Å². The Balaban J connectivity index is 2.50. The van der Waals surface area contributed by atoms with E-state index >= 15 is 0 Å². The number of hydrogen-bond donors (Lipinski definition) is 2. The number of nitrogens with zero attached hydrogens (tertiary/aromatic N) is 1. The van der Waals surface area contributed by atoms with Crippen LogP contribution in [0.15, 0.2) is 33.8 Å². The van der Waals surface area contributed by atoms with E-state index in [9.17, 15) is 14.0 Å². The smallest absolute Gasteiger partial charge is 0.268 e. The summed E-state index contributed by atoms with van der Waals surface area (Å²) in [5.74, 6) is -2.01. The van der Waals surface area contributed by atoms with Gasteiger partial charge in [0.05, 0.1) is 6.33 Å². The molecule has 2 aromatic rings. The minimum atomic E-state index is -0.978. The number of halogens is 2. The van der Waals surface area contributed by atoms with Crippen molar-refractivity contribution in [2.24, 2.45) is 5.73 Å². The summed E-state index contributed by atoms with van der Waals surface area (Å²) in [6, 6.07) is 3.77. The van der Waals surface area contributed by atoms with Gasteiger partial charge in [-0.15, -0.1) is 0 Å². The van der Waals surface area contributed by atoms with Gasteiger partial charge in [0.15, 0.2) is 0 Å². The van der Waals surface area contributed by atoms with Gasteiger partial charge in [-0.2, -0.15) is 0 Å². The average molecular weight is 328 g/mol. The molecule has 8 heteroatoms. The van der Waals surface area contributed by atoms with Gasteiger partial charge in [0.2, 0.25) is 5.88 Å². The summed E-state index contributed by atoms with van der Waals surface area (Å²) in [6.45, 7) is 0. The van der Waals surface area contributed by atoms with E-state index < -0.39 is 22.8 Å². The largest absolute Gasteiger partial charge is 0.437 e. The second-order valence-corrected chi connectivity index (χ2v) is 4.22. The molecule has 0 aliphatic rings. The van der Waals surface area contributed by atoms with Gasteiger partial charge < -0.3 is 15.5 Å². The quantitative estimate of drug-likeness (QED) is 0.893. The number of hydrogen-bond acceptors (Lipinski definition) is 4. The molecule has 2 rings (SSSR count). The number of ether oxygens (including phenoxy) is 1. The van der Waals surface area contributed by atoms with Gasteiger partial charge in [-0.05, 0) is 28.1 Å². The summed E-state index contributed by atoms with van der Waals surface area (Å²) in [4.78, 5) is 28.6. The minimum Gasteiger partial charge on any atom is -0.437 e. The molecule has 0 atom stereocenters. The third-order valence-corrected chi connectivity index (χ3v) is 2.89. The highest BCUT2D eigenvalue weighted by Gasteiger charge is 2.17. The Morgan fingerprint density at radius 3 is 2.89 bits per heavy atom. The van der Waals surface area contributed by atoms with Crippen LogP contribution in [0.25, 0.3) is 0 Å². The molecule has 0 saturated carbocycles. The highest BCUT2D eigenvalue weighted by atomic mass is 79.9. The van der Waals surface area contributed by atoms with Gasteiger partial charge in [0.25, 0.3) is 11.5 Å². The summed E-state index contributed by atoms with van der Waals surface area (Å²) < 4.78 is 18.8. The number of aromatic amines is 1. The number of H-pyrrole nitrogens is 1. The van der Waals surface area contributed by atoms with E-state index in [4.69, 9.17) is 10.5 Å². The van der Waals surface area contributed by atoms with Crippen molar-refractivity contribution in [2.75, 3.05) is 0 Å². The van der Waals surface area contributed by atoms with E-state index in [0.717, 1.165) is 12.4 Å². The Bertz CT molecular complexity index is 702. The van der Waals surface area contributed by atoms with Crippen LogP contribution in [0.2, 0.25) is 0 Å². The Morgan fingerprint density at radius 2 is 2.21 bits per heavy atom. The minimum absolute atomic E-state index is 0.0229. The average Bonchev–Trinajstić information content (AvgIpc) is 2.34. The van der Waals surface area contributed by atoms with Gasteiger partial charge in [0.1, 0.15) is 21.6 Å². The fourth-order valence-electron chi connectivity index (χ4n) is 1.37. The highest BCUT2D eigenvalue weighted by molar-refractivity contribution is 9.10. The number of nitrogens with one attached hydrogen (secondary N) is 1. The molecule has 1 heterocycles. The van der Waals surface area contributed by atoms with Crippen molar-refractivity contribution in [1.82, 2.24) is 9.97 Å². The summed E-state index contributed by atoms with van der Waals surface area (Å²) in [5.41, 5.74) is 4.20. The highest BCUT2D eigenvalue weighted by Crippen LogP contribution is 2.28. The topological polar surface area (TPSA) is 98.1 Å². The van der Waals surface area contributed by atoms with Crippen LogP contribution < -0.4 is 16.0 Å². The van der Waals surface area contributed by atoms with E-state index in [-0.39, 0.29) is 16.1 Å². The Labute approximate surface area is 114 Å². The maximum Gasteiger partial charge on any atom is 0.268 e. The van der Waals surface area contributed by atoms with Crippen LogP contribution in [0, 0.1) is 5.82 Å². The van der Waals surface area contributed by atoms with Crippen molar-refractivity contribution in [3.05, 3.63) is 50.7 Å². The van der Waals surface area contributed by atoms with Crippen LogP contribution in [0.5, 0.6) is 11.6 Å². The zero-order chi connectivity index (χ0) is 14.0. The molecule has 1 aromatic heterocycles. The molecule has 0 spiro atoms. The second-order valence-electron chi connectivity index (χ2n) is 3.43. The van der Waals surface area contributed by atoms with E-state index in [0.29, 0.717) is 0 Å². The van der Waals surface area contributed by atoms with Gasteiger partial charge in [-0.3, -0.25) is 9.59 Å². The number of aromatic nitrogens is 2. The zero-order valence-electron chi connectivity index (χ0n) is 9.31. The first-order chi connectivity index (χ1) is 9.00. The Kier molecular flexibility index (Phi) is 3.61. The molecule has 3 N–H and O–H groups in total. The molecule has 6 nitrogen and oxygen atoms in total. The maximum atomic E-state index is 13.5. The Hall–Kier alpha value is -2.22. The molecule has 1 aromatic carbocycles. The molecule has 0 unspecified atom stereocenters. The van der Waals surface area contributed by atoms with Crippen molar-refractivity contribution in [1.29, 1.82) is 0 Å². The molecular weight excluding hydrogens is 321 g/mol. The maximum absolute atomic E-state index is 13.5. The van der Waals surface area contributed by atoms with Gasteiger partial charge >= 0.3 is 0 Å². The van der Waals surface area contributed by atoms with Crippen molar-refractivity contribution < 1.29 is 13.9 Å². The second kappa shape index (κ2) is 5.19. The first-order valence-corrected chi connectivity index (χ1v) is 5.79. The Morgan fingerprint density at radius 1 is 1.47 bits per heavy atom. The monoisotopic (exact) mass is 327 g/mol. The molecule has 1 amide bonds. The van der Waals surface area contributed by atoms with E-state index in [1.54, 1.807) is 0 Å². The number of nitrogens with two attached hydrogens (primary N) is 1. The van der Waals surface area contributed by atoms with E-state index in [1.807, 2.05) is 0 Å². The lowest BCUT2D eigenvalue weighted by Crippen LogP contribution is -2.15. The molecule has 98 valence electrons. The number of rotatable bonds is 3. The number of primary amides is 1. The SMILES string of the molecule is NC(=O)c1c(F)cccc1Oc1nc[nH]c(=O)c1Br. The first-order valence-electron chi connectivity index (χ1n) is 5.00. The fourth-order valence-corrected chi connectivity index (χ4v) is 1.67. The zero-order valence-corrected chi connectivity index (χ0v) is 10.9. The summed E-state index contributed by atoms with van der Waals surface area (Å²) in [6.07, 6.45) is 1.12. The summed E-state index contributed by atoms with van der Waals surface area (Å²) in [7, 11) is 0. The number of amides is 1.